The maximum absolute atomic E-state index is 10.9. The summed E-state index contributed by atoms with van der Waals surface area (Å²) in [6, 6.07) is 0. The van der Waals surface area contributed by atoms with Gasteiger partial charge in [-0.2, -0.15) is 0 Å². The standard InChI is InChI=1S/C7H15NO5S/c1-13-4-6(9)3-8-7(10)5-14(2,11)12/h6,9H,3-5H2,1-2H3,(H,8,10). The van der Waals surface area contributed by atoms with Crippen LogP contribution in [0.25, 0.3) is 0 Å². The minimum Gasteiger partial charge on any atom is -0.389 e. The minimum absolute atomic E-state index is 0.0117. The quantitative estimate of drug-likeness (QED) is 0.554. The molecule has 0 spiro atoms. The number of methoxy groups -OCH3 is 1. The van der Waals surface area contributed by atoms with Crippen molar-refractivity contribution in [2.75, 3.05) is 32.3 Å². The molecule has 7 heteroatoms. The molecular weight excluding hydrogens is 210 g/mol. The van der Waals surface area contributed by atoms with Gasteiger partial charge in [-0.1, -0.05) is 0 Å². The molecule has 0 heterocycles. The zero-order valence-corrected chi connectivity index (χ0v) is 9.00. The third-order valence-electron chi connectivity index (χ3n) is 1.29. The van der Waals surface area contributed by atoms with Crippen molar-refractivity contribution in [1.82, 2.24) is 5.32 Å². The summed E-state index contributed by atoms with van der Waals surface area (Å²) in [5.41, 5.74) is 0. The predicted molar refractivity (Wildman–Crippen MR) is 50.6 cm³/mol. The topological polar surface area (TPSA) is 92.7 Å². The molecule has 0 aliphatic heterocycles. The zero-order chi connectivity index (χ0) is 11.2. The van der Waals surface area contributed by atoms with Crippen LogP contribution in [0.5, 0.6) is 0 Å². The van der Waals surface area contributed by atoms with Gasteiger partial charge in [-0.25, -0.2) is 8.42 Å². The number of sulfone groups is 1. The van der Waals surface area contributed by atoms with Crippen LogP contribution in [0.15, 0.2) is 0 Å². The fraction of sp³-hybridized carbons (Fsp3) is 0.857. The smallest absolute Gasteiger partial charge is 0.235 e. The van der Waals surface area contributed by atoms with Crippen molar-refractivity contribution in [3.05, 3.63) is 0 Å². The lowest BCUT2D eigenvalue weighted by Crippen LogP contribution is -2.37. The fourth-order valence-electron chi connectivity index (χ4n) is 0.772. The van der Waals surface area contributed by atoms with Gasteiger partial charge < -0.3 is 15.2 Å². The molecule has 0 aliphatic rings. The molecule has 6 nitrogen and oxygen atoms in total. The fourth-order valence-corrected chi connectivity index (χ4v) is 1.35. The summed E-state index contributed by atoms with van der Waals surface area (Å²) in [4.78, 5) is 10.9. The molecule has 0 saturated carbocycles. The van der Waals surface area contributed by atoms with Crippen molar-refractivity contribution < 1.29 is 23.1 Å². The first-order chi connectivity index (χ1) is 6.35. The average Bonchev–Trinajstić information content (AvgIpc) is 1.98. The van der Waals surface area contributed by atoms with E-state index < -0.39 is 27.6 Å². The van der Waals surface area contributed by atoms with Crippen LogP contribution in [-0.2, 0) is 19.4 Å². The molecule has 1 amide bonds. The monoisotopic (exact) mass is 225 g/mol. The second-order valence-corrected chi connectivity index (χ2v) is 5.12. The minimum atomic E-state index is -3.31. The number of ether oxygens (including phenoxy) is 1. The molecule has 1 atom stereocenters. The van der Waals surface area contributed by atoms with Crippen LogP contribution in [-0.4, -0.2) is 57.8 Å². The number of rotatable bonds is 6. The third-order valence-corrected chi connectivity index (χ3v) is 2.07. The van der Waals surface area contributed by atoms with E-state index in [0.29, 0.717) is 0 Å². The Morgan fingerprint density at radius 2 is 2.14 bits per heavy atom. The van der Waals surface area contributed by atoms with Crippen LogP contribution >= 0.6 is 0 Å². The van der Waals surface area contributed by atoms with Gasteiger partial charge in [0.25, 0.3) is 0 Å². The highest BCUT2D eigenvalue weighted by atomic mass is 32.2. The number of nitrogens with one attached hydrogen (secondary N) is 1. The molecule has 0 saturated heterocycles. The van der Waals surface area contributed by atoms with Crippen molar-refractivity contribution >= 4 is 15.7 Å². The van der Waals surface area contributed by atoms with Crippen LogP contribution in [0.4, 0.5) is 0 Å². The van der Waals surface area contributed by atoms with Crippen molar-refractivity contribution in [3.63, 3.8) is 0 Å². The summed E-state index contributed by atoms with van der Waals surface area (Å²) in [5, 5.41) is 11.4. The number of aliphatic hydroxyl groups excluding tert-OH is 1. The first-order valence-corrected chi connectivity index (χ1v) is 6.02. The molecule has 0 aromatic carbocycles. The zero-order valence-electron chi connectivity index (χ0n) is 8.19. The second-order valence-electron chi connectivity index (χ2n) is 2.98. The molecule has 0 radical (unpaired) electrons. The van der Waals surface area contributed by atoms with E-state index >= 15 is 0 Å². The van der Waals surface area contributed by atoms with Crippen molar-refractivity contribution in [2.24, 2.45) is 0 Å². The highest BCUT2D eigenvalue weighted by Crippen LogP contribution is 1.84. The molecule has 2 N–H and O–H groups in total. The van der Waals surface area contributed by atoms with Crippen molar-refractivity contribution in [2.45, 2.75) is 6.10 Å². The highest BCUT2D eigenvalue weighted by molar-refractivity contribution is 7.91. The Morgan fingerprint density at radius 1 is 1.57 bits per heavy atom. The highest BCUT2D eigenvalue weighted by Gasteiger charge is 2.11. The van der Waals surface area contributed by atoms with E-state index in [0.717, 1.165) is 6.26 Å². The summed E-state index contributed by atoms with van der Waals surface area (Å²) in [7, 11) is -1.89. The van der Waals surface area contributed by atoms with E-state index in [-0.39, 0.29) is 13.2 Å². The number of amides is 1. The van der Waals surface area contributed by atoms with E-state index in [1.165, 1.54) is 7.11 Å². The Morgan fingerprint density at radius 3 is 2.57 bits per heavy atom. The molecule has 84 valence electrons. The largest absolute Gasteiger partial charge is 0.389 e. The van der Waals surface area contributed by atoms with E-state index in [9.17, 15) is 13.2 Å². The van der Waals surface area contributed by atoms with Gasteiger partial charge in [-0.05, 0) is 0 Å². The van der Waals surface area contributed by atoms with E-state index in [4.69, 9.17) is 5.11 Å². The number of hydrogen-bond acceptors (Lipinski definition) is 5. The Balaban J connectivity index is 3.75. The molecule has 0 aromatic rings. The van der Waals surface area contributed by atoms with E-state index in [1.54, 1.807) is 0 Å². The maximum Gasteiger partial charge on any atom is 0.235 e. The molecule has 1 unspecified atom stereocenters. The third kappa shape index (κ3) is 7.96. The van der Waals surface area contributed by atoms with E-state index in [1.807, 2.05) is 0 Å². The van der Waals surface area contributed by atoms with Gasteiger partial charge in [0.05, 0.1) is 12.7 Å². The predicted octanol–water partition coefficient (Wildman–Crippen LogP) is -1.85. The summed E-state index contributed by atoms with van der Waals surface area (Å²) in [6.07, 6.45) is 0.154. The van der Waals surface area contributed by atoms with Gasteiger partial charge in [0, 0.05) is 19.9 Å². The molecular formula is C7H15NO5S. The van der Waals surface area contributed by atoms with Gasteiger partial charge in [0.1, 0.15) is 5.75 Å². The van der Waals surface area contributed by atoms with Crippen LogP contribution in [0.1, 0.15) is 0 Å². The van der Waals surface area contributed by atoms with Crippen LogP contribution < -0.4 is 5.32 Å². The first-order valence-electron chi connectivity index (χ1n) is 3.96. The molecule has 0 aliphatic carbocycles. The molecule has 0 fully saturated rings. The van der Waals surface area contributed by atoms with Gasteiger partial charge in [-0.3, -0.25) is 4.79 Å². The maximum atomic E-state index is 10.9. The summed E-state index contributed by atoms with van der Waals surface area (Å²) >= 11 is 0. The Bertz CT molecular complexity index is 274. The lowest BCUT2D eigenvalue weighted by molar-refractivity contribution is -0.119. The summed E-state index contributed by atoms with van der Waals surface area (Å²) in [5.74, 6) is -1.19. The number of carbonyl (C=O) groups is 1. The number of aliphatic hydroxyl groups is 1. The summed E-state index contributed by atoms with van der Waals surface area (Å²) < 4.78 is 25.9. The normalized spacial score (nSPS) is 13.6. The first kappa shape index (κ1) is 13.3. The van der Waals surface area contributed by atoms with Crippen molar-refractivity contribution in [3.8, 4) is 0 Å². The lowest BCUT2D eigenvalue weighted by Gasteiger charge is -2.09. The number of hydrogen-bond donors (Lipinski definition) is 2. The van der Waals surface area contributed by atoms with Crippen LogP contribution in [0.2, 0.25) is 0 Å². The van der Waals surface area contributed by atoms with Gasteiger partial charge in [0.2, 0.25) is 5.91 Å². The van der Waals surface area contributed by atoms with Gasteiger partial charge in [-0.15, -0.1) is 0 Å². The van der Waals surface area contributed by atoms with Gasteiger partial charge in [0.15, 0.2) is 9.84 Å². The molecule has 0 rings (SSSR count). The molecule has 14 heavy (non-hydrogen) atoms. The Labute approximate surface area is 83.2 Å². The SMILES string of the molecule is COCC(O)CNC(=O)CS(C)(=O)=O. The molecule has 0 aromatic heterocycles. The van der Waals surface area contributed by atoms with Crippen LogP contribution in [0.3, 0.4) is 0 Å². The lowest BCUT2D eigenvalue weighted by atomic mass is 10.4. The number of carbonyl (C=O) groups excluding carboxylic acids is 1. The second kappa shape index (κ2) is 5.94. The Kier molecular flexibility index (Phi) is 5.66. The molecule has 0 bridgehead atoms. The van der Waals surface area contributed by atoms with Gasteiger partial charge >= 0.3 is 0 Å². The Hall–Kier alpha value is -0.660. The van der Waals surface area contributed by atoms with E-state index in [2.05, 4.69) is 10.1 Å². The van der Waals surface area contributed by atoms with Crippen LogP contribution in [0, 0.1) is 0 Å². The van der Waals surface area contributed by atoms with Crippen molar-refractivity contribution in [1.29, 1.82) is 0 Å². The average molecular weight is 225 g/mol. The summed E-state index contributed by atoms with van der Waals surface area (Å²) in [6.45, 7) is 0.0847.